The van der Waals surface area contributed by atoms with Crippen molar-refractivity contribution in [2.75, 3.05) is 7.11 Å². The molecule has 0 bridgehead atoms. The molecule has 0 fully saturated rings. The SMILES string of the molecule is COc1cccc(-c2cc(C(=O)NCc3ccc4[nH]c(C)cc4c3)no2)c1. The predicted octanol–water partition coefficient (Wildman–Crippen LogP) is 4.07. The van der Waals surface area contributed by atoms with Gasteiger partial charge in [0.1, 0.15) is 5.75 Å². The molecule has 2 heterocycles. The van der Waals surface area contributed by atoms with Gasteiger partial charge in [-0.3, -0.25) is 4.79 Å². The lowest BCUT2D eigenvalue weighted by molar-refractivity contribution is 0.0942. The van der Waals surface area contributed by atoms with Gasteiger partial charge in [-0.1, -0.05) is 23.4 Å². The number of methoxy groups -OCH3 is 1. The number of aryl methyl sites for hydroxylation is 1. The maximum Gasteiger partial charge on any atom is 0.273 e. The minimum atomic E-state index is -0.279. The van der Waals surface area contributed by atoms with E-state index < -0.39 is 0 Å². The van der Waals surface area contributed by atoms with Crippen molar-refractivity contribution >= 4 is 16.8 Å². The van der Waals surface area contributed by atoms with Crippen LogP contribution in [0.3, 0.4) is 0 Å². The second-order valence-corrected chi connectivity index (χ2v) is 6.36. The van der Waals surface area contributed by atoms with Gasteiger partial charge >= 0.3 is 0 Å². The first-order valence-electron chi connectivity index (χ1n) is 8.60. The van der Waals surface area contributed by atoms with E-state index in [9.17, 15) is 4.79 Å². The summed E-state index contributed by atoms with van der Waals surface area (Å²) in [5.41, 5.74) is 4.26. The molecule has 27 heavy (non-hydrogen) atoms. The molecule has 0 aliphatic heterocycles. The van der Waals surface area contributed by atoms with Crippen LogP contribution >= 0.6 is 0 Å². The summed E-state index contributed by atoms with van der Waals surface area (Å²) >= 11 is 0. The lowest BCUT2D eigenvalue weighted by atomic mass is 10.1. The molecule has 4 rings (SSSR count). The third-order valence-corrected chi connectivity index (χ3v) is 4.37. The number of fused-ring (bicyclic) bond motifs is 1. The molecule has 0 spiro atoms. The molecule has 2 aromatic carbocycles. The quantitative estimate of drug-likeness (QED) is 0.561. The topological polar surface area (TPSA) is 80.1 Å². The van der Waals surface area contributed by atoms with Gasteiger partial charge in [-0.25, -0.2) is 0 Å². The van der Waals surface area contributed by atoms with E-state index in [1.54, 1.807) is 13.2 Å². The number of aromatic amines is 1. The Balaban J connectivity index is 1.45. The first-order chi connectivity index (χ1) is 13.1. The van der Waals surface area contributed by atoms with Crippen molar-refractivity contribution in [1.82, 2.24) is 15.5 Å². The van der Waals surface area contributed by atoms with E-state index in [2.05, 4.69) is 27.6 Å². The van der Waals surface area contributed by atoms with Crippen LogP contribution in [0.5, 0.6) is 5.75 Å². The minimum Gasteiger partial charge on any atom is -0.497 e. The average Bonchev–Trinajstić information content (AvgIpc) is 3.31. The van der Waals surface area contributed by atoms with Crippen molar-refractivity contribution in [1.29, 1.82) is 0 Å². The van der Waals surface area contributed by atoms with E-state index in [0.29, 0.717) is 18.1 Å². The van der Waals surface area contributed by atoms with Crippen molar-refractivity contribution in [2.24, 2.45) is 0 Å². The molecule has 0 radical (unpaired) electrons. The second kappa shape index (κ2) is 6.99. The molecule has 0 aliphatic carbocycles. The Labute approximate surface area is 156 Å². The molecule has 136 valence electrons. The van der Waals surface area contributed by atoms with Gasteiger partial charge in [-0.15, -0.1) is 0 Å². The Morgan fingerprint density at radius 1 is 1.19 bits per heavy atom. The van der Waals surface area contributed by atoms with E-state index in [1.165, 1.54) is 0 Å². The molecule has 2 aromatic heterocycles. The van der Waals surface area contributed by atoms with Crippen molar-refractivity contribution < 1.29 is 14.1 Å². The predicted molar refractivity (Wildman–Crippen MR) is 103 cm³/mol. The summed E-state index contributed by atoms with van der Waals surface area (Å²) in [6.07, 6.45) is 0. The zero-order valence-electron chi connectivity index (χ0n) is 15.1. The first-order valence-corrected chi connectivity index (χ1v) is 8.60. The number of aromatic nitrogens is 2. The van der Waals surface area contributed by atoms with Crippen molar-refractivity contribution in [3.63, 3.8) is 0 Å². The van der Waals surface area contributed by atoms with E-state index >= 15 is 0 Å². The zero-order valence-corrected chi connectivity index (χ0v) is 15.1. The van der Waals surface area contributed by atoms with Gasteiger partial charge in [-0.2, -0.15) is 0 Å². The number of benzene rings is 2. The number of hydrogen-bond acceptors (Lipinski definition) is 4. The van der Waals surface area contributed by atoms with Gasteiger partial charge < -0.3 is 19.6 Å². The maximum absolute atomic E-state index is 12.4. The maximum atomic E-state index is 12.4. The molecule has 2 N–H and O–H groups in total. The Morgan fingerprint density at radius 2 is 2.07 bits per heavy atom. The molecule has 0 saturated carbocycles. The molecule has 1 amide bonds. The summed E-state index contributed by atoms with van der Waals surface area (Å²) in [5.74, 6) is 0.951. The van der Waals surface area contributed by atoms with Gasteiger partial charge in [0, 0.05) is 29.4 Å². The summed E-state index contributed by atoms with van der Waals surface area (Å²) < 4.78 is 10.5. The van der Waals surface area contributed by atoms with Gasteiger partial charge in [0.2, 0.25) is 0 Å². The van der Waals surface area contributed by atoms with Crippen LogP contribution in [0.2, 0.25) is 0 Å². The number of rotatable bonds is 5. The van der Waals surface area contributed by atoms with Crippen molar-refractivity contribution in [2.45, 2.75) is 13.5 Å². The smallest absolute Gasteiger partial charge is 0.273 e. The van der Waals surface area contributed by atoms with Gasteiger partial charge in [-0.05, 0) is 48.2 Å². The third kappa shape index (κ3) is 3.55. The van der Waals surface area contributed by atoms with Gasteiger partial charge in [0.05, 0.1) is 7.11 Å². The highest BCUT2D eigenvalue weighted by Crippen LogP contribution is 2.24. The monoisotopic (exact) mass is 361 g/mol. The van der Waals surface area contributed by atoms with Crippen molar-refractivity contribution in [3.05, 3.63) is 71.5 Å². The summed E-state index contributed by atoms with van der Waals surface area (Å²) in [4.78, 5) is 15.7. The molecular weight excluding hydrogens is 342 g/mol. The number of carbonyl (C=O) groups is 1. The molecule has 4 aromatic rings. The number of H-pyrrole nitrogens is 1. The molecular formula is C21H19N3O3. The summed E-state index contributed by atoms with van der Waals surface area (Å²) in [7, 11) is 1.60. The van der Waals surface area contributed by atoms with Crippen molar-refractivity contribution in [3.8, 4) is 17.1 Å². The van der Waals surface area contributed by atoms with Crippen LogP contribution < -0.4 is 10.1 Å². The van der Waals surface area contributed by atoms with Crippen LogP contribution in [0.15, 0.2) is 59.1 Å². The number of carbonyl (C=O) groups excluding carboxylic acids is 1. The van der Waals surface area contributed by atoms with Crippen LogP contribution in [0.25, 0.3) is 22.2 Å². The van der Waals surface area contributed by atoms with Gasteiger partial charge in [0.25, 0.3) is 5.91 Å². The number of nitrogens with one attached hydrogen (secondary N) is 2. The fraction of sp³-hybridized carbons (Fsp3) is 0.143. The molecule has 0 atom stereocenters. The molecule has 0 aliphatic rings. The molecule has 0 unspecified atom stereocenters. The Kier molecular flexibility index (Phi) is 4.38. The van der Waals surface area contributed by atoms with Crippen LogP contribution in [0.1, 0.15) is 21.7 Å². The fourth-order valence-electron chi connectivity index (χ4n) is 3.00. The first kappa shape index (κ1) is 16.9. The van der Waals surface area contributed by atoms with Crippen LogP contribution in [0, 0.1) is 6.92 Å². The Bertz CT molecular complexity index is 1110. The number of hydrogen-bond donors (Lipinski definition) is 2. The van der Waals surface area contributed by atoms with Crippen LogP contribution in [-0.4, -0.2) is 23.2 Å². The Morgan fingerprint density at radius 3 is 2.93 bits per heavy atom. The highest BCUT2D eigenvalue weighted by atomic mass is 16.5. The Hall–Kier alpha value is -3.54. The number of ether oxygens (including phenoxy) is 1. The average molecular weight is 361 g/mol. The fourth-order valence-corrected chi connectivity index (χ4v) is 3.00. The van der Waals surface area contributed by atoms with E-state index in [-0.39, 0.29) is 11.6 Å². The molecule has 6 nitrogen and oxygen atoms in total. The minimum absolute atomic E-state index is 0.242. The number of nitrogens with zero attached hydrogens (tertiary/aromatic N) is 1. The lowest BCUT2D eigenvalue weighted by Crippen LogP contribution is -2.22. The zero-order chi connectivity index (χ0) is 18.8. The highest BCUT2D eigenvalue weighted by Gasteiger charge is 2.14. The van der Waals surface area contributed by atoms with E-state index in [0.717, 1.165) is 27.7 Å². The van der Waals surface area contributed by atoms with Gasteiger partial charge in [0.15, 0.2) is 11.5 Å². The largest absolute Gasteiger partial charge is 0.497 e. The second-order valence-electron chi connectivity index (χ2n) is 6.36. The summed E-state index contributed by atoms with van der Waals surface area (Å²) in [6.45, 7) is 2.44. The highest BCUT2D eigenvalue weighted by molar-refractivity contribution is 5.93. The normalized spacial score (nSPS) is 10.9. The van der Waals surface area contributed by atoms with E-state index in [4.69, 9.17) is 9.26 Å². The molecule has 6 heteroatoms. The van der Waals surface area contributed by atoms with Crippen LogP contribution in [0.4, 0.5) is 0 Å². The standard InChI is InChI=1S/C21H19N3O3/c1-13-8-16-9-14(6-7-18(16)23-13)12-22-21(25)19-11-20(27-24-19)15-4-3-5-17(10-15)26-2/h3-11,23H,12H2,1-2H3,(H,22,25). The molecule has 0 saturated heterocycles. The summed E-state index contributed by atoms with van der Waals surface area (Å²) in [6, 6.07) is 17.2. The van der Waals surface area contributed by atoms with Crippen LogP contribution in [-0.2, 0) is 6.54 Å². The third-order valence-electron chi connectivity index (χ3n) is 4.37. The summed E-state index contributed by atoms with van der Waals surface area (Å²) in [5, 5.41) is 7.88. The van der Waals surface area contributed by atoms with E-state index in [1.807, 2.05) is 43.3 Å². The lowest BCUT2D eigenvalue weighted by Gasteiger charge is -2.03. The number of amides is 1.